The Morgan fingerprint density at radius 2 is 2.12 bits per heavy atom. The lowest BCUT2D eigenvalue weighted by molar-refractivity contribution is 0.106. The van der Waals surface area contributed by atoms with Crippen LogP contribution in [0.15, 0.2) is 0 Å². The van der Waals surface area contributed by atoms with Crippen molar-refractivity contribution >= 4 is 6.03 Å². The maximum atomic E-state index is 11.7. The minimum atomic E-state index is 0.0588. The molecule has 2 amide bonds. The summed E-state index contributed by atoms with van der Waals surface area (Å²) in [4.78, 5) is 18.2. The topological polar surface area (TPSA) is 67.6 Å². The highest BCUT2D eigenvalue weighted by Crippen LogP contribution is 2.20. The molecule has 1 fully saturated rings. The van der Waals surface area contributed by atoms with Crippen LogP contribution in [0.1, 0.15) is 33.1 Å². The molecule has 0 aromatic rings. The molecule has 1 rings (SSSR count). The van der Waals surface area contributed by atoms with Gasteiger partial charge in [0.05, 0.1) is 6.61 Å². The third kappa shape index (κ3) is 4.37. The SMILES string of the molecule is CC(C)NC(=O)N1CCC(CCON)CC1. The van der Waals surface area contributed by atoms with Crippen LogP contribution in [0.4, 0.5) is 4.79 Å². The van der Waals surface area contributed by atoms with Crippen LogP contribution in [0, 0.1) is 5.92 Å². The first kappa shape index (κ1) is 13.3. The zero-order valence-corrected chi connectivity index (χ0v) is 10.2. The normalized spacial score (nSPS) is 17.9. The molecule has 0 bridgehead atoms. The number of nitrogens with two attached hydrogens (primary N) is 1. The monoisotopic (exact) mass is 229 g/mol. The summed E-state index contributed by atoms with van der Waals surface area (Å²) in [5.41, 5.74) is 0. The number of piperidine rings is 1. The van der Waals surface area contributed by atoms with Gasteiger partial charge in [-0.05, 0) is 39.0 Å². The highest BCUT2D eigenvalue weighted by atomic mass is 16.6. The summed E-state index contributed by atoms with van der Waals surface area (Å²) in [6.45, 7) is 6.25. The second-order valence-corrected chi connectivity index (χ2v) is 4.69. The Labute approximate surface area is 97.3 Å². The number of hydrogen-bond acceptors (Lipinski definition) is 3. The van der Waals surface area contributed by atoms with E-state index < -0.39 is 0 Å². The Morgan fingerprint density at radius 1 is 1.50 bits per heavy atom. The van der Waals surface area contributed by atoms with Crippen molar-refractivity contribution in [1.82, 2.24) is 10.2 Å². The molecule has 1 heterocycles. The lowest BCUT2D eigenvalue weighted by Gasteiger charge is -2.32. The predicted octanol–water partition coefficient (Wildman–Crippen LogP) is 1.10. The molecule has 16 heavy (non-hydrogen) atoms. The van der Waals surface area contributed by atoms with Gasteiger partial charge in [-0.3, -0.25) is 0 Å². The molecule has 0 aliphatic carbocycles. The molecule has 0 spiro atoms. The number of likely N-dealkylation sites (tertiary alicyclic amines) is 1. The van der Waals surface area contributed by atoms with Crippen LogP contribution < -0.4 is 11.2 Å². The van der Waals surface area contributed by atoms with Gasteiger partial charge in [-0.1, -0.05) is 0 Å². The van der Waals surface area contributed by atoms with Gasteiger partial charge in [0, 0.05) is 19.1 Å². The smallest absolute Gasteiger partial charge is 0.317 e. The highest BCUT2D eigenvalue weighted by Gasteiger charge is 2.22. The van der Waals surface area contributed by atoms with Gasteiger partial charge in [-0.25, -0.2) is 10.7 Å². The molecule has 1 aliphatic rings. The number of nitrogens with one attached hydrogen (secondary N) is 1. The van der Waals surface area contributed by atoms with Crippen LogP contribution >= 0.6 is 0 Å². The number of urea groups is 1. The summed E-state index contributed by atoms with van der Waals surface area (Å²) in [6, 6.07) is 0.263. The first-order valence-corrected chi connectivity index (χ1v) is 6.00. The summed E-state index contributed by atoms with van der Waals surface area (Å²) in [7, 11) is 0. The number of hydrogen-bond donors (Lipinski definition) is 2. The van der Waals surface area contributed by atoms with Crippen molar-refractivity contribution in [3.63, 3.8) is 0 Å². The standard InChI is InChI=1S/C11H23N3O2/c1-9(2)13-11(15)14-6-3-10(4-7-14)5-8-16-12/h9-10H,3-8,12H2,1-2H3,(H,13,15). The summed E-state index contributed by atoms with van der Waals surface area (Å²) >= 11 is 0. The second kappa shape index (κ2) is 6.70. The van der Waals surface area contributed by atoms with E-state index in [2.05, 4.69) is 10.2 Å². The van der Waals surface area contributed by atoms with Gasteiger partial charge in [0.25, 0.3) is 0 Å². The number of amides is 2. The number of nitrogens with zero attached hydrogens (tertiary/aromatic N) is 1. The van der Waals surface area contributed by atoms with E-state index in [1.54, 1.807) is 0 Å². The molecule has 0 aromatic heterocycles. The van der Waals surface area contributed by atoms with Crippen molar-refractivity contribution in [2.75, 3.05) is 19.7 Å². The molecule has 0 saturated carbocycles. The summed E-state index contributed by atoms with van der Waals surface area (Å²) < 4.78 is 0. The predicted molar refractivity (Wildman–Crippen MR) is 62.7 cm³/mol. The third-order valence-electron chi connectivity index (χ3n) is 2.96. The van der Waals surface area contributed by atoms with Crippen molar-refractivity contribution in [1.29, 1.82) is 0 Å². The Bertz CT molecular complexity index is 213. The molecule has 1 saturated heterocycles. The van der Waals surface area contributed by atoms with Gasteiger partial charge in [0.2, 0.25) is 0 Å². The van der Waals surface area contributed by atoms with Gasteiger partial charge in [-0.15, -0.1) is 0 Å². The summed E-state index contributed by atoms with van der Waals surface area (Å²) in [5, 5.41) is 2.91. The molecule has 1 aliphatic heterocycles. The fourth-order valence-corrected chi connectivity index (χ4v) is 2.00. The first-order valence-electron chi connectivity index (χ1n) is 6.00. The molecular weight excluding hydrogens is 206 g/mol. The van der Waals surface area contributed by atoms with E-state index in [-0.39, 0.29) is 12.1 Å². The van der Waals surface area contributed by atoms with Gasteiger partial charge in [0.1, 0.15) is 0 Å². The molecular formula is C11H23N3O2. The van der Waals surface area contributed by atoms with Gasteiger partial charge in [-0.2, -0.15) is 0 Å². The minimum absolute atomic E-state index is 0.0588. The second-order valence-electron chi connectivity index (χ2n) is 4.69. The lowest BCUT2D eigenvalue weighted by atomic mass is 9.94. The van der Waals surface area contributed by atoms with E-state index in [9.17, 15) is 4.79 Å². The molecule has 0 atom stereocenters. The Kier molecular flexibility index (Phi) is 5.55. The Hall–Kier alpha value is -0.810. The fourth-order valence-electron chi connectivity index (χ4n) is 2.00. The fraction of sp³-hybridized carbons (Fsp3) is 0.909. The molecule has 5 heteroatoms. The Morgan fingerprint density at radius 3 is 2.62 bits per heavy atom. The van der Waals surface area contributed by atoms with E-state index >= 15 is 0 Å². The van der Waals surface area contributed by atoms with Crippen LogP contribution in [-0.4, -0.2) is 36.7 Å². The number of carbonyl (C=O) groups is 1. The molecule has 0 unspecified atom stereocenters. The van der Waals surface area contributed by atoms with Crippen molar-refractivity contribution in [3.8, 4) is 0 Å². The summed E-state index contributed by atoms with van der Waals surface area (Å²) in [6.07, 6.45) is 3.10. The molecule has 94 valence electrons. The van der Waals surface area contributed by atoms with Crippen LogP contribution in [0.3, 0.4) is 0 Å². The van der Waals surface area contributed by atoms with Crippen LogP contribution in [0.2, 0.25) is 0 Å². The van der Waals surface area contributed by atoms with Crippen molar-refractivity contribution in [2.24, 2.45) is 11.8 Å². The van der Waals surface area contributed by atoms with Crippen molar-refractivity contribution in [2.45, 2.75) is 39.2 Å². The molecule has 0 aromatic carbocycles. The quantitative estimate of drug-likeness (QED) is 0.709. The minimum Gasteiger partial charge on any atom is -0.336 e. The maximum Gasteiger partial charge on any atom is 0.317 e. The van der Waals surface area contributed by atoms with Crippen LogP contribution in [0.5, 0.6) is 0 Å². The van der Waals surface area contributed by atoms with E-state index in [0.717, 1.165) is 32.4 Å². The maximum absolute atomic E-state index is 11.7. The zero-order chi connectivity index (χ0) is 12.0. The zero-order valence-electron chi connectivity index (χ0n) is 10.2. The van der Waals surface area contributed by atoms with Gasteiger partial charge < -0.3 is 15.1 Å². The largest absolute Gasteiger partial charge is 0.336 e. The average Bonchev–Trinajstić information content (AvgIpc) is 2.26. The van der Waals surface area contributed by atoms with Crippen LogP contribution in [-0.2, 0) is 4.84 Å². The number of carbonyl (C=O) groups excluding carboxylic acids is 1. The number of rotatable bonds is 4. The molecule has 3 N–H and O–H groups in total. The molecule has 5 nitrogen and oxygen atoms in total. The van der Waals surface area contributed by atoms with Crippen LogP contribution in [0.25, 0.3) is 0 Å². The van der Waals surface area contributed by atoms with E-state index in [1.807, 2.05) is 18.7 Å². The van der Waals surface area contributed by atoms with Gasteiger partial charge >= 0.3 is 6.03 Å². The van der Waals surface area contributed by atoms with E-state index in [1.165, 1.54) is 0 Å². The van der Waals surface area contributed by atoms with E-state index in [0.29, 0.717) is 12.5 Å². The first-order chi connectivity index (χ1) is 7.63. The van der Waals surface area contributed by atoms with Crippen molar-refractivity contribution in [3.05, 3.63) is 0 Å². The molecule has 0 radical (unpaired) electrons. The third-order valence-corrected chi connectivity index (χ3v) is 2.96. The average molecular weight is 229 g/mol. The van der Waals surface area contributed by atoms with E-state index in [4.69, 9.17) is 5.90 Å². The summed E-state index contributed by atoms with van der Waals surface area (Å²) in [5.74, 6) is 5.65. The van der Waals surface area contributed by atoms with Gasteiger partial charge in [0.15, 0.2) is 0 Å². The Balaban J connectivity index is 2.23. The lowest BCUT2D eigenvalue weighted by Crippen LogP contribution is -2.46. The highest BCUT2D eigenvalue weighted by molar-refractivity contribution is 5.74. The van der Waals surface area contributed by atoms with Crippen molar-refractivity contribution < 1.29 is 9.63 Å².